The lowest BCUT2D eigenvalue weighted by Crippen LogP contribution is -2.20. The van der Waals surface area contributed by atoms with Crippen molar-refractivity contribution in [3.05, 3.63) is 95.9 Å². The van der Waals surface area contributed by atoms with E-state index in [4.69, 9.17) is 0 Å². The van der Waals surface area contributed by atoms with Crippen LogP contribution in [0, 0.1) is 11.7 Å². The molecule has 0 spiro atoms. The van der Waals surface area contributed by atoms with Gasteiger partial charge in [0.15, 0.2) is 5.78 Å². The number of hydrogen-bond acceptors (Lipinski definition) is 2. The molecule has 5 heteroatoms. The molecule has 150 valence electrons. The summed E-state index contributed by atoms with van der Waals surface area (Å²) in [7, 11) is 0. The number of benzene rings is 3. The number of Topliss-reactive ketones (excluding diaryl/α,β-unsaturated/α-hetero) is 1. The molecule has 4 rings (SSSR count). The van der Waals surface area contributed by atoms with Crippen LogP contribution in [0.3, 0.4) is 0 Å². The second-order valence-corrected chi connectivity index (χ2v) is 7.31. The quantitative estimate of drug-likeness (QED) is 0.402. The Labute approximate surface area is 173 Å². The topological polar surface area (TPSA) is 70.2 Å². The Morgan fingerprint density at radius 1 is 0.900 bits per heavy atom. The molecule has 2 N–H and O–H groups in total. The van der Waals surface area contributed by atoms with Gasteiger partial charge in [-0.1, -0.05) is 54.6 Å². The Balaban J connectivity index is 1.54. The molecule has 0 fully saturated rings. The summed E-state index contributed by atoms with van der Waals surface area (Å²) in [6, 6.07) is 23.2. The minimum Gasteiger partial charge on any atom is -0.481 e. The van der Waals surface area contributed by atoms with Crippen LogP contribution >= 0.6 is 0 Å². The van der Waals surface area contributed by atoms with E-state index in [1.165, 1.54) is 12.1 Å². The van der Waals surface area contributed by atoms with Gasteiger partial charge in [0.05, 0.1) is 11.6 Å². The van der Waals surface area contributed by atoms with Crippen molar-refractivity contribution in [3.63, 3.8) is 0 Å². The molecule has 0 saturated carbocycles. The van der Waals surface area contributed by atoms with E-state index >= 15 is 0 Å². The second kappa shape index (κ2) is 8.33. The van der Waals surface area contributed by atoms with Gasteiger partial charge in [-0.25, -0.2) is 4.39 Å². The first-order valence-electron chi connectivity index (χ1n) is 9.69. The van der Waals surface area contributed by atoms with Crippen LogP contribution in [0.25, 0.3) is 22.0 Å². The third-order valence-electron chi connectivity index (χ3n) is 5.24. The number of aromatic amines is 1. The maximum absolute atomic E-state index is 13.1. The van der Waals surface area contributed by atoms with Gasteiger partial charge in [0, 0.05) is 17.7 Å². The molecular weight excluding hydrogens is 381 g/mol. The molecule has 1 heterocycles. The van der Waals surface area contributed by atoms with Crippen molar-refractivity contribution in [2.75, 3.05) is 0 Å². The largest absolute Gasteiger partial charge is 0.481 e. The number of aliphatic carboxylic acids is 1. The Kier molecular flexibility index (Phi) is 5.44. The van der Waals surface area contributed by atoms with Gasteiger partial charge in [0.1, 0.15) is 5.82 Å². The number of H-pyrrole nitrogens is 1. The van der Waals surface area contributed by atoms with E-state index in [1.54, 1.807) is 18.2 Å². The molecule has 0 bridgehead atoms. The molecule has 4 nitrogen and oxygen atoms in total. The monoisotopic (exact) mass is 401 g/mol. The summed E-state index contributed by atoms with van der Waals surface area (Å²) in [4.78, 5) is 27.6. The molecule has 4 aromatic rings. The second-order valence-electron chi connectivity index (χ2n) is 7.31. The van der Waals surface area contributed by atoms with E-state index in [-0.39, 0.29) is 24.4 Å². The van der Waals surface area contributed by atoms with Crippen LogP contribution in [0.4, 0.5) is 4.39 Å². The predicted octanol–water partition coefficient (Wildman–Crippen LogP) is 5.49. The Hall–Kier alpha value is -3.73. The number of carboxylic acid groups (broad SMARTS) is 1. The van der Waals surface area contributed by atoms with Gasteiger partial charge in [-0.15, -0.1) is 0 Å². The van der Waals surface area contributed by atoms with Gasteiger partial charge in [-0.05, 0) is 47.0 Å². The highest BCUT2D eigenvalue weighted by Gasteiger charge is 2.23. The van der Waals surface area contributed by atoms with Gasteiger partial charge in [-0.3, -0.25) is 9.59 Å². The predicted molar refractivity (Wildman–Crippen MR) is 114 cm³/mol. The molecule has 1 unspecified atom stereocenters. The van der Waals surface area contributed by atoms with Gasteiger partial charge in [0.2, 0.25) is 0 Å². The molecule has 1 atom stereocenters. The average Bonchev–Trinajstić information content (AvgIpc) is 3.24. The summed E-state index contributed by atoms with van der Waals surface area (Å²) in [6.07, 6.45) is 0.0282. The van der Waals surface area contributed by atoms with Gasteiger partial charge >= 0.3 is 5.97 Å². The van der Waals surface area contributed by atoms with Crippen molar-refractivity contribution < 1.29 is 19.1 Å². The lowest BCUT2D eigenvalue weighted by molar-refractivity contribution is -0.141. The standard InChI is InChI=1S/C25H20FNO3/c26-19-10-8-16(9-11-19)14-18(25(29)30)15-24(28)23-13-12-22(27-23)21-7-3-5-17-4-1-2-6-20(17)21/h1-13,18,27H,14-15H2,(H,29,30). The third kappa shape index (κ3) is 4.15. The molecule has 0 aliphatic heterocycles. The fourth-order valence-corrected chi connectivity index (χ4v) is 3.66. The van der Waals surface area contributed by atoms with Gasteiger partial charge < -0.3 is 10.1 Å². The van der Waals surface area contributed by atoms with Gasteiger partial charge in [-0.2, -0.15) is 0 Å². The lowest BCUT2D eigenvalue weighted by atomic mass is 9.93. The van der Waals surface area contributed by atoms with E-state index < -0.39 is 11.9 Å². The first kappa shape index (κ1) is 19.6. The Bertz CT molecular complexity index is 1210. The number of aromatic nitrogens is 1. The highest BCUT2D eigenvalue weighted by Crippen LogP contribution is 2.28. The summed E-state index contributed by atoms with van der Waals surface area (Å²) >= 11 is 0. The number of carbonyl (C=O) groups excluding carboxylic acids is 1. The molecule has 0 radical (unpaired) electrons. The summed E-state index contributed by atoms with van der Waals surface area (Å²) in [5, 5.41) is 11.7. The van der Waals surface area contributed by atoms with Crippen LogP contribution in [0.5, 0.6) is 0 Å². The van der Waals surface area contributed by atoms with Crippen LogP contribution in [0.15, 0.2) is 78.9 Å². The number of fused-ring (bicyclic) bond motifs is 1. The SMILES string of the molecule is O=C(CC(Cc1ccc(F)cc1)C(=O)O)c1ccc(-c2cccc3ccccc23)[nH]1. The van der Waals surface area contributed by atoms with Crippen LogP contribution in [-0.4, -0.2) is 21.8 Å². The Morgan fingerprint density at radius 2 is 1.63 bits per heavy atom. The number of carbonyl (C=O) groups is 2. The molecule has 3 aromatic carbocycles. The Morgan fingerprint density at radius 3 is 2.40 bits per heavy atom. The zero-order valence-electron chi connectivity index (χ0n) is 16.1. The summed E-state index contributed by atoms with van der Waals surface area (Å²) in [6.45, 7) is 0. The van der Waals surface area contributed by atoms with Crippen LogP contribution < -0.4 is 0 Å². The van der Waals surface area contributed by atoms with Crippen LogP contribution in [0.2, 0.25) is 0 Å². The van der Waals surface area contributed by atoms with E-state index in [2.05, 4.69) is 4.98 Å². The fraction of sp³-hybridized carbons (Fsp3) is 0.120. The molecule has 1 aromatic heterocycles. The number of hydrogen-bond donors (Lipinski definition) is 2. The first-order chi connectivity index (χ1) is 14.5. The normalized spacial score (nSPS) is 12.0. The van der Waals surface area contributed by atoms with E-state index in [0.29, 0.717) is 11.3 Å². The smallest absolute Gasteiger partial charge is 0.307 e. The zero-order valence-corrected chi connectivity index (χ0v) is 16.1. The van der Waals surface area contributed by atoms with Crippen LogP contribution in [-0.2, 0) is 11.2 Å². The van der Waals surface area contributed by atoms with Gasteiger partial charge in [0.25, 0.3) is 0 Å². The number of rotatable bonds is 7. The lowest BCUT2D eigenvalue weighted by Gasteiger charge is -2.11. The molecule has 30 heavy (non-hydrogen) atoms. The number of carboxylic acids is 1. The average molecular weight is 401 g/mol. The van der Waals surface area contributed by atoms with Crippen LogP contribution in [0.1, 0.15) is 22.5 Å². The van der Waals surface area contributed by atoms with Crippen molar-refractivity contribution in [2.45, 2.75) is 12.8 Å². The van der Waals surface area contributed by atoms with E-state index in [9.17, 15) is 19.1 Å². The summed E-state index contributed by atoms with van der Waals surface area (Å²) in [5.41, 5.74) is 2.84. The summed E-state index contributed by atoms with van der Waals surface area (Å²) in [5.74, 6) is -2.58. The molecular formula is C25H20FNO3. The minimum absolute atomic E-state index is 0.137. The van der Waals surface area contributed by atoms with Crippen molar-refractivity contribution in [3.8, 4) is 11.3 Å². The van der Waals surface area contributed by atoms with E-state index in [0.717, 1.165) is 22.0 Å². The highest BCUT2D eigenvalue weighted by atomic mass is 19.1. The fourth-order valence-electron chi connectivity index (χ4n) is 3.66. The van der Waals surface area contributed by atoms with Crippen molar-refractivity contribution in [2.24, 2.45) is 5.92 Å². The molecule has 0 amide bonds. The zero-order chi connectivity index (χ0) is 21.1. The highest BCUT2D eigenvalue weighted by molar-refractivity contribution is 5.99. The first-order valence-corrected chi connectivity index (χ1v) is 9.69. The molecule has 0 aliphatic rings. The van der Waals surface area contributed by atoms with Crippen molar-refractivity contribution in [1.82, 2.24) is 4.98 Å². The molecule has 0 saturated heterocycles. The van der Waals surface area contributed by atoms with E-state index in [1.807, 2.05) is 48.5 Å². The molecule has 0 aliphatic carbocycles. The number of nitrogens with one attached hydrogen (secondary N) is 1. The number of ketones is 1. The summed E-state index contributed by atoms with van der Waals surface area (Å²) < 4.78 is 13.1. The minimum atomic E-state index is -1.05. The maximum atomic E-state index is 13.1. The number of halogens is 1. The van der Waals surface area contributed by atoms with Crippen molar-refractivity contribution in [1.29, 1.82) is 0 Å². The third-order valence-corrected chi connectivity index (χ3v) is 5.24. The van der Waals surface area contributed by atoms with Crippen molar-refractivity contribution >= 4 is 22.5 Å². The maximum Gasteiger partial charge on any atom is 0.307 e.